The largest absolute Gasteiger partial charge is 0.294 e. The van der Waals surface area contributed by atoms with Gasteiger partial charge in [0.05, 0.1) is 11.4 Å². The molecular formula is C18H19NO. The normalized spacial score (nSPS) is 16.9. The average molecular weight is 265 g/mol. The number of nitrogens with zero attached hydrogens (tertiary/aromatic N) is 1. The summed E-state index contributed by atoms with van der Waals surface area (Å²) in [6.07, 6.45) is 1.49. The molecule has 2 nitrogen and oxygen atoms in total. The van der Waals surface area contributed by atoms with Crippen LogP contribution in [0.3, 0.4) is 0 Å². The predicted molar refractivity (Wildman–Crippen MR) is 80.8 cm³/mol. The summed E-state index contributed by atoms with van der Waals surface area (Å²) in [5.74, 6) is 0.222. The van der Waals surface area contributed by atoms with Crippen molar-refractivity contribution < 1.29 is 4.79 Å². The molecule has 0 aliphatic heterocycles. The highest BCUT2D eigenvalue weighted by Gasteiger charge is 2.31. The van der Waals surface area contributed by atoms with E-state index in [0.29, 0.717) is 6.42 Å². The van der Waals surface area contributed by atoms with Gasteiger partial charge >= 0.3 is 0 Å². The van der Waals surface area contributed by atoms with Crippen molar-refractivity contribution in [3.8, 4) is 11.3 Å². The van der Waals surface area contributed by atoms with Crippen molar-refractivity contribution in [2.24, 2.45) is 5.41 Å². The van der Waals surface area contributed by atoms with Gasteiger partial charge in [-0.15, -0.1) is 0 Å². The van der Waals surface area contributed by atoms with E-state index in [-0.39, 0.29) is 11.2 Å². The van der Waals surface area contributed by atoms with Crippen LogP contribution in [0.1, 0.15) is 41.9 Å². The van der Waals surface area contributed by atoms with Gasteiger partial charge in [-0.1, -0.05) is 37.6 Å². The van der Waals surface area contributed by atoms with Crippen LogP contribution < -0.4 is 0 Å². The first-order valence-corrected chi connectivity index (χ1v) is 7.05. The number of aryl methyl sites for hydroxylation is 1. The van der Waals surface area contributed by atoms with Crippen LogP contribution in [0.2, 0.25) is 0 Å². The van der Waals surface area contributed by atoms with Gasteiger partial charge in [0.1, 0.15) is 0 Å². The van der Waals surface area contributed by atoms with Crippen LogP contribution in [0, 0.1) is 12.3 Å². The molecule has 3 rings (SSSR count). The molecule has 0 amide bonds. The van der Waals surface area contributed by atoms with Crippen molar-refractivity contribution in [1.29, 1.82) is 0 Å². The molecule has 2 aromatic rings. The Morgan fingerprint density at radius 1 is 1.10 bits per heavy atom. The van der Waals surface area contributed by atoms with E-state index in [2.05, 4.69) is 39.0 Å². The number of benzene rings is 1. The number of ketones is 1. The topological polar surface area (TPSA) is 30.0 Å². The lowest BCUT2D eigenvalue weighted by molar-refractivity contribution is 0.0910. The van der Waals surface area contributed by atoms with Gasteiger partial charge < -0.3 is 0 Å². The van der Waals surface area contributed by atoms with Gasteiger partial charge in [0.25, 0.3) is 0 Å². The van der Waals surface area contributed by atoms with Crippen LogP contribution in [0.15, 0.2) is 36.4 Å². The Morgan fingerprint density at radius 3 is 2.65 bits per heavy atom. The van der Waals surface area contributed by atoms with Crippen molar-refractivity contribution in [3.05, 3.63) is 53.2 Å². The first kappa shape index (κ1) is 13.0. The van der Waals surface area contributed by atoms with Crippen molar-refractivity contribution >= 4 is 5.78 Å². The molecule has 0 radical (unpaired) electrons. The second-order valence-electron chi connectivity index (χ2n) is 6.50. The average Bonchev–Trinajstić information content (AvgIpc) is 2.36. The van der Waals surface area contributed by atoms with E-state index >= 15 is 0 Å². The number of aromatic nitrogens is 1. The van der Waals surface area contributed by atoms with Gasteiger partial charge in [0.2, 0.25) is 0 Å². The lowest BCUT2D eigenvalue weighted by atomic mass is 9.75. The molecule has 1 heterocycles. The summed E-state index contributed by atoms with van der Waals surface area (Å²) in [6.45, 7) is 6.35. The molecule has 0 N–H and O–H groups in total. The van der Waals surface area contributed by atoms with Crippen LogP contribution in [0.5, 0.6) is 0 Å². The maximum atomic E-state index is 12.2. The van der Waals surface area contributed by atoms with E-state index in [1.807, 2.05) is 18.2 Å². The second kappa shape index (κ2) is 4.55. The Labute approximate surface area is 119 Å². The van der Waals surface area contributed by atoms with Crippen LogP contribution in [-0.4, -0.2) is 10.8 Å². The van der Waals surface area contributed by atoms with Gasteiger partial charge in [0, 0.05) is 17.5 Å². The van der Waals surface area contributed by atoms with Gasteiger partial charge in [0.15, 0.2) is 5.78 Å². The Kier molecular flexibility index (Phi) is 2.97. The number of rotatable bonds is 1. The van der Waals surface area contributed by atoms with E-state index < -0.39 is 0 Å². The third-order valence-electron chi connectivity index (χ3n) is 3.87. The Bertz CT molecular complexity index is 686. The first-order chi connectivity index (χ1) is 9.44. The lowest BCUT2D eigenvalue weighted by Crippen LogP contribution is -2.27. The smallest absolute Gasteiger partial charge is 0.165 e. The van der Waals surface area contributed by atoms with E-state index in [4.69, 9.17) is 4.98 Å². The number of hydrogen-bond donors (Lipinski definition) is 0. The minimum absolute atomic E-state index is 0.0162. The Hall–Kier alpha value is -1.96. The summed E-state index contributed by atoms with van der Waals surface area (Å²) in [7, 11) is 0. The summed E-state index contributed by atoms with van der Waals surface area (Å²) in [5, 5.41) is 0. The first-order valence-electron chi connectivity index (χ1n) is 7.05. The third kappa shape index (κ3) is 2.38. The molecular weight excluding hydrogens is 246 g/mol. The highest BCUT2D eigenvalue weighted by atomic mass is 16.1. The SMILES string of the molecule is Cc1cccc(-c2ccc3c(n2)CC(C)(C)CC3=O)c1. The highest BCUT2D eigenvalue weighted by molar-refractivity contribution is 5.98. The van der Waals surface area contributed by atoms with Crippen LogP contribution >= 0.6 is 0 Å². The number of Topliss-reactive ketones (excluding diaryl/α,β-unsaturated/α-hetero) is 1. The fourth-order valence-electron chi connectivity index (χ4n) is 2.90. The quantitative estimate of drug-likeness (QED) is 0.773. The summed E-state index contributed by atoms with van der Waals surface area (Å²) < 4.78 is 0. The van der Waals surface area contributed by atoms with E-state index in [9.17, 15) is 4.79 Å². The molecule has 1 aliphatic rings. The summed E-state index contributed by atoms with van der Waals surface area (Å²) in [5.41, 5.74) is 5.06. The summed E-state index contributed by atoms with van der Waals surface area (Å²) in [4.78, 5) is 16.9. The Balaban J connectivity index is 2.07. The summed E-state index contributed by atoms with van der Waals surface area (Å²) in [6, 6.07) is 12.2. The molecule has 1 aliphatic carbocycles. The van der Waals surface area contributed by atoms with Gasteiger partial charge in [-0.3, -0.25) is 9.78 Å². The monoisotopic (exact) mass is 265 g/mol. The molecule has 0 spiro atoms. The van der Waals surface area contributed by atoms with E-state index in [0.717, 1.165) is 28.9 Å². The van der Waals surface area contributed by atoms with Gasteiger partial charge in [-0.05, 0) is 37.0 Å². The van der Waals surface area contributed by atoms with Gasteiger partial charge in [-0.25, -0.2) is 0 Å². The zero-order valence-corrected chi connectivity index (χ0v) is 12.2. The molecule has 20 heavy (non-hydrogen) atoms. The van der Waals surface area contributed by atoms with Crippen molar-refractivity contribution in [2.45, 2.75) is 33.6 Å². The maximum absolute atomic E-state index is 12.2. The molecule has 2 heteroatoms. The number of carbonyl (C=O) groups excluding carboxylic acids is 1. The van der Waals surface area contributed by atoms with Crippen molar-refractivity contribution in [3.63, 3.8) is 0 Å². The molecule has 0 bridgehead atoms. The van der Waals surface area contributed by atoms with Crippen LogP contribution in [0.25, 0.3) is 11.3 Å². The fourth-order valence-corrected chi connectivity index (χ4v) is 2.90. The number of pyridine rings is 1. The van der Waals surface area contributed by atoms with E-state index in [1.54, 1.807) is 0 Å². The number of fused-ring (bicyclic) bond motifs is 1. The molecule has 0 fully saturated rings. The zero-order chi connectivity index (χ0) is 14.3. The Morgan fingerprint density at radius 2 is 1.90 bits per heavy atom. The molecule has 1 aromatic heterocycles. The molecule has 0 atom stereocenters. The van der Waals surface area contributed by atoms with Gasteiger partial charge in [-0.2, -0.15) is 0 Å². The molecule has 0 saturated heterocycles. The predicted octanol–water partition coefficient (Wildman–Crippen LogP) is 4.21. The third-order valence-corrected chi connectivity index (χ3v) is 3.87. The molecule has 0 unspecified atom stereocenters. The van der Waals surface area contributed by atoms with Crippen molar-refractivity contribution in [2.75, 3.05) is 0 Å². The number of carbonyl (C=O) groups is 1. The van der Waals surface area contributed by atoms with Crippen LogP contribution in [-0.2, 0) is 6.42 Å². The fraction of sp³-hybridized carbons (Fsp3) is 0.333. The van der Waals surface area contributed by atoms with Crippen molar-refractivity contribution in [1.82, 2.24) is 4.98 Å². The highest BCUT2D eigenvalue weighted by Crippen LogP contribution is 2.34. The minimum Gasteiger partial charge on any atom is -0.294 e. The lowest BCUT2D eigenvalue weighted by Gasteiger charge is -2.29. The van der Waals surface area contributed by atoms with E-state index in [1.165, 1.54) is 5.56 Å². The standard InChI is InChI=1S/C18H19NO/c1-12-5-4-6-13(9-12)15-8-7-14-16(19-15)10-18(2,3)11-17(14)20/h4-9H,10-11H2,1-3H3. The minimum atomic E-state index is 0.0162. The molecule has 1 aromatic carbocycles. The second-order valence-corrected chi connectivity index (χ2v) is 6.50. The number of hydrogen-bond acceptors (Lipinski definition) is 2. The summed E-state index contributed by atoms with van der Waals surface area (Å²) >= 11 is 0. The zero-order valence-electron chi connectivity index (χ0n) is 12.2. The van der Waals surface area contributed by atoms with Crippen LogP contribution in [0.4, 0.5) is 0 Å². The molecule has 102 valence electrons. The maximum Gasteiger partial charge on any atom is 0.165 e. The molecule has 0 saturated carbocycles.